The molecule has 1 fully saturated rings. The second-order valence-corrected chi connectivity index (χ2v) is 9.19. The van der Waals surface area contributed by atoms with Crippen LogP contribution in [-0.4, -0.2) is 53.4 Å². The monoisotopic (exact) mass is 413 g/mol. The van der Waals surface area contributed by atoms with Crippen LogP contribution < -0.4 is 0 Å². The van der Waals surface area contributed by atoms with E-state index in [1.165, 1.54) is 28.8 Å². The minimum atomic E-state index is 0.294. The highest BCUT2D eigenvalue weighted by atomic mass is 32.1. The maximum atomic E-state index is 12.7. The van der Waals surface area contributed by atoms with Gasteiger partial charge >= 0.3 is 0 Å². The summed E-state index contributed by atoms with van der Waals surface area (Å²) < 4.78 is 0. The average Bonchev–Trinajstić information content (AvgIpc) is 3.15. The topological polar surface area (TPSA) is 36.4 Å². The molecule has 1 aromatic carbocycles. The molecular weight excluding hydrogens is 378 g/mol. The molecule has 1 saturated heterocycles. The number of carbonyl (C=O) groups excluding carboxylic acids is 1. The van der Waals surface area contributed by atoms with Gasteiger partial charge in [-0.3, -0.25) is 4.79 Å². The van der Waals surface area contributed by atoms with Gasteiger partial charge in [-0.2, -0.15) is 0 Å². The van der Waals surface area contributed by atoms with E-state index < -0.39 is 0 Å². The van der Waals surface area contributed by atoms with Crippen LogP contribution in [0.2, 0.25) is 0 Å². The van der Waals surface area contributed by atoms with Crippen molar-refractivity contribution < 1.29 is 4.79 Å². The van der Waals surface area contributed by atoms with Crippen LogP contribution in [0.5, 0.6) is 0 Å². The molecule has 4 nitrogen and oxygen atoms in total. The Morgan fingerprint density at radius 1 is 1.21 bits per heavy atom. The fourth-order valence-corrected chi connectivity index (χ4v) is 5.01. The summed E-state index contributed by atoms with van der Waals surface area (Å²) in [6.07, 6.45) is 4.96. The predicted molar refractivity (Wildman–Crippen MR) is 121 cm³/mol. The van der Waals surface area contributed by atoms with Crippen LogP contribution in [-0.2, 0) is 17.6 Å². The maximum Gasteiger partial charge on any atom is 0.222 e. The van der Waals surface area contributed by atoms with Crippen LogP contribution in [0, 0.1) is 19.8 Å². The summed E-state index contributed by atoms with van der Waals surface area (Å²) in [5, 5.41) is 0. The zero-order chi connectivity index (χ0) is 20.6. The first-order chi connectivity index (χ1) is 14.1. The summed E-state index contributed by atoms with van der Waals surface area (Å²) in [5.41, 5.74) is 5.81. The number of carbonyl (C=O) groups is 1. The third-order valence-electron chi connectivity index (χ3n) is 6.29. The molecule has 1 aliphatic rings. The first-order valence-corrected chi connectivity index (χ1v) is 11.9. The summed E-state index contributed by atoms with van der Waals surface area (Å²) >= 11 is 1.66. The van der Waals surface area contributed by atoms with Gasteiger partial charge in [0.15, 0.2) is 0 Å². The molecule has 0 spiro atoms. The van der Waals surface area contributed by atoms with Crippen LogP contribution in [0.15, 0.2) is 29.8 Å². The van der Waals surface area contributed by atoms with Crippen LogP contribution in [0.3, 0.4) is 0 Å². The Balaban J connectivity index is 1.39. The van der Waals surface area contributed by atoms with Crippen LogP contribution >= 0.6 is 11.3 Å². The predicted octanol–water partition coefficient (Wildman–Crippen LogP) is 4.50. The van der Waals surface area contributed by atoms with Crippen molar-refractivity contribution in [3.8, 4) is 0 Å². The minimum Gasteiger partial charge on any atom is -0.343 e. The Morgan fingerprint density at radius 3 is 2.62 bits per heavy atom. The lowest BCUT2D eigenvalue weighted by Crippen LogP contribution is -2.41. The number of aromatic nitrogens is 1. The molecule has 1 amide bonds. The van der Waals surface area contributed by atoms with Gasteiger partial charge in [-0.25, -0.2) is 4.98 Å². The van der Waals surface area contributed by atoms with Gasteiger partial charge in [-0.05, 0) is 76.6 Å². The van der Waals surface area contributed by atoms with Gasteiger partial charge in [0.1, 0.15) is 0 Å². The van der Waals surface area contributed by atoms with Crippen molar-refractivity contribution >= 4 is 17.2 Å². The Hall–Kier alpha value is -1.72. The molecule has 29 heavy (non-hydrogen) atoms. The van der Waals surface area contributed by atoms with E-state index >= 15 is 0 Å². The number of nitrogens with zero attached hydrogens (tertiary/aromatic N) is 3. The van der Waals surface area contributed by atoms with Gasteiger partial charge in [0.05, 0.1) is 11.2 Å². The zero-order valence-electron chi connectivity index (χ0n) is 18.2. The lowest BCUT2D eigenvalue weighted by atomic mass is 9.95. The molecular formula is C24H35N3OS. The van der Waals surface area contributed by atoms with E-state index in [0.29, 0.717) is 18.2 Å². The molecule has 2 aromatic rings. The van der Waals surface area contributed by atoms with Gasteiger partial charge in [0, 0.05) is 30.9 Å². The molecule has 1 aliphatic heterocycles. The van der Waals surface area contributed by atoms with E-state index in [9.17, 15) is 4.79 Å². The Kier molecular flexibility index (Phi) is 8.25. The number of aryl methyl sites for hydroxylation is 3. The molecule has 0 radical (unpaired) electrons. The fraction of sp³-hybridized carbons (Fsp3) is 0.583. The molecule has 0 N–H and O–H groups in total. The van der Waals surface area contributed by atoms with Gasteiger partial charge in [-0.1, -0.05) is 24.3 Å². The van der Waals surface area contributed by atoms with Crippen LogP contribution in [0.1, 0.15) is 47.9 Å². The Bertz CT molecular complexity index is 780. The third kappa shape index (κ3) is 6.38. The van der Waals surface area contributed by atoms with E-state index in [1.54, 1.807) is 11.3 Å². The van der Waals surface area contributed by atoms with E-state index in [4.69, 9.17) is 0 Å². The highest BCUT2D eigenvalue weighted by Crippen LogP contribution is 2.20. The summed E-state index contributed by atoms with van der Waals surface area (Å²) in [5.74, 6) is 0.932. The highest BCUT2D eigenvalue weighted by Gasteiger charge is 2.23. The SMILES string of the molecule is CCN(CC1CCN(CCc2ccccc2C)CC1)C(=O)CCc1scnc1C. The van der Waals surface area contributed by atoms with Crippen LogP contribution in [0.4, 0.5) is 0 Å². The van der Waals surface area contributed by atoms with Crippen molar-refractivity contribution in [2.45, 2.75) is 52.9 Å². The molecule has 158 valence electrons. The average molecular weight is 414 g/mol. The number of rotatable bonds is 9. The number of amides is 1. The summed E-state index contributed by atoms with van der Waals surface area (Å²) in [7, 11) is 0. The van der Waals surface area contributed by atoms with Crippen LogP contribution in [0.25, 0.3) is 0 Å². The zero-order valence-corrected chi connectivity index (χ0v) is 19.0. The van der Waals surface area contributed by atoms with E-state index in [-0.39, 0.29) is 0 Å². The normalized spacial score (nSPS) is 15.6. The van der Waals surface area contributed by atoms with Gasteiger partial charge in [0.2, 0.25) is 5.91 Å². The standard InChI is InChI=1S/C24H35N3OS/c1-4-27(24(28)10-9-23-20(3)25-18-29-23)17-21-11-14-26(15-12-21)16-13-22-8-6-5-7-19(22)2/h5-8,18,21H,4,9-17H2,1-3H3. The minimum absolute atomic E-state index is 0.294. The molecule has 0 unspecified atom stereocenters. The maximum absolute atomic E-state index is 12.7. The highest BCUT2D eigenvalue weighted by molar-refractivity contribution is 7.09. The van der Waals surface area contributed by atoms with Gasteiger partial charge in [-0.15, -0.1) is 11.3 Å². The summed E-state index contributed by atoms with van der Waals surface area (Å²) in [4.78, 5) is 22.9. The second kappa shape index (κ2) is 10.9. The van der Waals surface area contributed by atoms with E-state index in [0.717, 1.165) is 51.3 Å². The quantitative estimate of drug-likeness (QED) is 0.607. The largest absolute Gasteiger partial charge is 0.343 e. The number of hydrogen-bond donors (Lipinski definition) is 0. The summed E-state index contributed by atoms with van der Waals surface area (Å²) in [6.45, 7) is 11.5. The van der Waals surface area contributed by atoms with E-state index in [2.05, 4.69) is 52.9 Å². The van der Waals surface area contributed by atoms with Crippen molar-refractivity contribution in [1.82, 2.24) is 14.8 Å². The van der Waals surface area contributed by atoms with Crippen molar-refractivity contribution in [3.63, 3.8) is 0 Å². The summed E-state index contributed by atoms with van der Waals surface area (Å²) in [6, 6.07) is 8.71. The Morgan fingerprint density at radius 2 is 1.97 bits per heavy atom. The van der Waals surface area contributed by atoms with Crippen molar-refractivity contribution in [2.75, 3.05) is 32.7 Å². The van der Waals surface area contributed by atoms with E-state index in [1.807, 2.05) is 12.4 Å². The van der Waals surface area contributed by atoms with Gasteiger partial charge in [0.25, 0.3) is 0 Å². The third-order valence-corrected chi connectivity index (χ3v) is 7.28. The smallest absolute Gasteiger partial charge is 0.222 e. The lowest BCUT2D eigenvalue weighted by Gasteiger charge is -2.34. The number of piperidine rings is 1. The number of likely N-dealkylation sites (tertiary alicyclic amines) is 1. The molecule has 2 heterocycles. The number of hydrogen-bond acceptors (Lipinski definition) is 4. The van der Waals surface area contributed by atoms with Crippen molar-refractivity contribution in [1.29, 1.82) is 0 Å². The number of benzene rings is 1. The fourth-order valence-electron chi connectivity index (χ4n) is 4.23. The molecule has 1 aromatic heterocycles. The number of thiazole rings is 1. The second-order valence-electron chi connectivity index (χ2n) is 8.25. The van der Waals surface area contributed by atoms with Crippen molar-refractivity contribution in [2.24, 2.45) is 5.92 Å². The molecule has 0 aliphatic carbocycles. The molecule has 0 saturated carbocycles. The molecule has 0 atom stereocenters. The Labute approximate surface area is 179 Å². The first-order valence-electron chi connectivity index (χ1n) is 11.0. The van der Waals surface area contributed by atoms with Gasteiger partial charge < -0.3 is 9.80 Å². The first kappa shape index (κ1) is 22.0. The lowest BCUT2D eigenvalue weighted by molar-refractivity contribution is -0.131. The molecule has 5 heteroatoms. The molecule has 3 rings (SSSR count). The van der Waals surface area contributed by atoms with Crippen molar-refractivity contribution in [3.05, 3.63) is 51.5 Å². The molecule has 0 bridgehead atoms.